The van der Waals surface area contributed by atoms with Crippen molar-refractivity contribution in [1.29, 1.82) is 0 Å². The van der Waals surface area contributed by atoms with Crippen molar-refractivity contribution in [3.05, 3.63) is 108 Å². The Morgan fingerprint density at radius 3 is 1.40 bits per heavy atom. The number of hydrogen-bond donors (Lipinski definition) is 0. The van der Waals surface area contributed by atoms with Gasteiger partial charge in [-0.25, -0.2) is 0 Å². The highest BCUT2D eigenvalue weighted by Gasteiger charge is 2.42. The van der Waals surface area contributed by atoms with Gasteiger partial charge < -0.3 is 9.47 Å². The lowest BCUT2D eigenvalue weighted by Gasteiger charge is -2.35. The highest BCUT2D eigenvalue weighted by Crippen LogP contribution is 2.41. The minimum atomic E-state index is -0.643. The first-order valence-corrected chi connectivity index (χ1v) is 8.77. The lowest BCUT2D eigenvalue weighted by molar-refractivity contribution is 0.00428. The highest BCUT2D eigenvalue weighted by molar-refractivity contribution is 5.47. The summed E-state index contributed by atoms with van der Waals surface area (Å²) < 4.78 is 12.3. The van der Waals surface area contributed by atoms with Crippen molar-refractivity contribution < 1.29 is 9.47 Å². The van der Waals surface area contributed by atoms with Gasteiger partial charge in [0.25, 0.3) is 0 Å². The molecule has 126 valence electrons. The van der Waals surface area contributed by atoms with Gasteiger partial charge in [0.2, 0.25) is 0 Å². The molecule has 0 radical (unpaired) electrons. The van der Waals surface area contributed by atoms with E-state index in [-0.39, 0.29) is 12.2 Å². The number of benzene rings is 3. The molecule has 0 bridgehead atoms. The van der Waals surface area contributed by atoms with Crippen LogP contribution in [0.15, 0.2) is 91.0 Å². The Hall–Kier alpha value is -2.42. The average Bonchev–Trinajstić information content (AvgIpc) is 3.40. The summed E-state index contributed by atoms with van der Waals surface area (Å²) >= 11 is 0. The maximum absolute atomic E-state index is 6.66. The molecule has 0 aromatic heterocycles. The molecule has 25 heavy (non-hydrogen) atoms. The SMILES string of the molecule is C[C@H]1O[C@H]1COC(c1ccccc1)(c1ccccc1)c1ccccc1. The summed E-state index contributed by atoms with van der Waals surface area (Å²) in [6.45, 7) is 2.66. The highest BCUT2D eigenvalue weighted by atomic mass is 16.6. The van der Waals surface area contributed by atoms with E-state index in [0.717, 1.165) is 16.7 Å². The van der Waals surface area contributed by atoms with E-state index in [2.05, 4.69) is 79.7 Å². The van der Waals surface area contributed by atoms with Crippen LogP contribution in [0.1, 0.15) is 23.6 Å². The zero-order valence-electron chi connectivity index (χ0n) is 14.3. The van der Waals surface area contributed by atoms with Gasteiger partial charge in [-0.2, -0.15) is 0 Å². The van der Waals surface area contributed by atoms with Gasteiger partial charge in [0, 0.05) is 0 Å². The Labute approximate surface area is 149 Å². The summed E-state index contributed by atoms with van der Waals surface area (Å²) in [5, 5.41) is 0. The van der Waals surface area contributed by atoms with Crippen molar-refractivity contribution in [2.75, 3.05) is 6.61 Å². The molecular weight excluding hydrogens is 308 g/mol. The Balaban J connectivity index is 1.87. The molecule has 2 atom stereocenters. The second kappa shape index (κ2) is 6.83. The van der Waals surface area contributed by atoms with Crippen LogP contribution in [0.4, 0.5) is 0 Å². The molecule has 1 fully saturated rings. The molecule has 0 unspecified atom stereocenters. The molecule has 3 aromatic carbocycles. The van der Waals surface area contributed by atoms with E-state index >= 15 is 0 Å². The minimum absolute atomic E-state index is 0.176. The van der Waals surface area contributed by atoms with Gasteiger partial charge in [0.05, 0.1) is 12.7 Å². The second-order valence-electron chi connectivity index (χ2n) is 6.47. The van der Waals surface area contributed by atoms with E-state index in [4.69, 9.17) is 9.47 Å². The zero-order chi connectivity index (χ0) is 17.1. The monoisotopic (exact) mass is 330 g/mol. The first kappa shape index (κ1) is 16.1. The molecule has 0 amide bonds. The minimum Gasteiger partial charge on any atom is -0.367 e. The van der Waals surface area contributed by atoms with E-state index in [1.807, 2.05) is 18.2 Å². The van der Waals surface area contributed by atoms with E-state index < -0.39 is 5.60 Å². The second-order valence-corrected chi connectivity index (χ2v) is 6.47. The van der Waals surface area contributed by atoms with Crippen molar-refractivity contribution in [3.8, 4) is 0 Å². The van der Waals surface area contributed by atoms with E-state index in [0.29, 0.717) is 6.61 Å². The van der Waals surface area contributed by atoms with Gasteiger partial charge in [-0.3, -0.25) is 0 Å². The average molecular weight is 330 g/mol. The zero-order valence-corrected chi connectivity index (χ0v) is 14.3. The van der Waals surface area contributed by atoms with E-state index in [1.54, 1.807) is 0 Å². The van der Waals surface area contributed by atoms with Crippen molar-refractivity contribution >= 4 is 0 Å². The maximum atomic E-state index is 6.66. The van der Waals surface area contributed by atoms with Crippen LogP contribution in [0.3, 0.4) is 0 Å². The van der Waals surface area contributed by atoms with Gasteiger partial charge >= 0.3 is 0 Å². The standard InChI is InChI=1S/C23H22O2/c1-18-22(25-18)17-24-23(19-11-5-2-6-12-19,20-13-7-3-8-14-20)21-15-9-4-10-16-21/h2-16,18,22H,17H2,1H3/t18-,22+/m1/s1. The van der Waals surface area contributed by atoms with Gasteiger partial charge in [0.15, 0.2) is 0 Å². The first-order valence-electron chi connectivity index (χ1n) is 8.77. The molecule has 1 heterocycles. The Morgan fingerprint density at radius 1 is 0.720 bits per heavy atom. The number of epoxide rings is 1. The molecule has 3 aromatic rings. The van der Waals surface area contributed by atoms with E-state index in [9.17, 15) is 0 Å². The fourth-order valence-corrected chi connectivity index (χ4v) is 3.38. The lowest BCUT2D eigenvalue weighted by atomic mass is 9.80. The molecule has 4 rings (SSSR count). The van der Waals surface area contributed by atoms with Crippen LogP contribution in [0.25, 0.3) is 0 Å². The molecular formula is C23H22O2. The van der Waals surface area contributed by atoms with Crippen LogP contribution >= 0.6 is 0 Å². The van der Waals surface area contributed by atoms with Crippen LogP contribution in [0.2, 0.25) is 0 Å². The summed E-state index contributed by atoms with van der Waals surface area (Å²) in [5.41, 5.74) is 2.73. The van der Waals surface area contributed by atoms with Crippen molar-refractivity contribution in [1.82, 2.24) is 0 Å². The topological polar surface area (TPSA) is 21.8 Å². The molecule has 0 saturated carbocycles. The van der Waals surface area contributed by atoms with Crippen LogP contribution in [-0.4, -0.2) is 18.8 Å². The van der Waals surface area contributed by atoms with Crippen molar-refractivity contribution in [2.24, 2.45) is 0 Å². The van der Waals surface area contributed by atoms with Gasteiger partial charge in [0.1, 0.15) is 11.7 Å². The largest absolute Gasteiger partial charge is 0.367 e. The third-order valence-corrected chi connectivity index (χ3v) is 4.84. The fraction of sp³-hybridized carbons (Fsp3) is 0.217. The van der Waals surface area contributed by atoms with E-state index in [1.165, 1.54) is 0 Å². The van der Waals surface area contributed by atoms with Crippen LogP contribution in [0, 0.1) is 0 Å². The van der Waals surface area contributed by atoms with Gasteiger partial charge in [-0.15, -0.1) is 0 Å². The van der Waals surface area contributed by atoms with Gasteiger partial charge in [-0.1, -0.05) is 91.0 Å². The predicted octanol–water partition coefficient (Wildman–Crippen LogP) is 4.78. The normalized spacial score (nSPS) is 19.6. The summed E-state index contributed by atoms with van der Waals surface area (Å²) in [5.74, 6) is 0. The lowest BCUT2D eigenvalue weighted by Crippen LogP contribution is -2.34. The Bertz CT molecular complexity index is 703. The quantitative estimate of drug-likeness (QED) is 0.479. The molecule has 2 heteroatoms. The summed E-state index contributed by atoms with van der Waals surface area (Å²) in [6, 6.07) is 31.3. The van der Waals surface area contributed by atoms with Gasteiger partial charge in [-0.05, 0) is 23.6 Å². The molecule has 1 aliphatic rings. The summed E-state index contributed by atoms with van der Waals surface area (Å²) in [4.78, 5) is 0. The Morgan fingerprint density at radius 2 is 1.08 bits per heavy atom. The number of hydrogen-bond acceptors (Lipinski definition) is 2. The van der Waals surface area contributed by atoms with Crippen molar-refractivity contribution in [2.45, 2.75) is 24.7 Å². The summed E-state index contributed by atoms with van der Waals surface area (Å²) in [7, 11) is 0. The fourth-order valence-electron chi connectivity index (χ4n) is 3.38. The number of ether oxygens (including phenoxy) is 2. The molecule has 0 spiro atoms. The maximum Gasteiger partial charge on any atom is 0.143 e. The first-order chi connectivity index (χ1) is 12.3. The molecule has 1 aliphatic heterocycles. The number of rotatable bonds is 6. The van der Waals surface area contributed by atoms with Crippen LogP contribution < -0.4 is 0 Å². The van der Waals surface area contributed by atoms with Crippen LogP contribution in [-0.2, 0) is 15.1 Å². The smallest absolute Gasteiger partial charge is 0.143 e. The third-order valence-electron chi connectivity index (χ3n) is 4.84. The predicted molar refractivity (Wildman–Crippen MR) is 99.5 cm³/mol. The van der Waals surface area contributed by atoms with Crippen LogP contribution in [0.5, 0.6) is 0 Å². The molecule has 2 nitrogen and oxygen atoms in total. The van der Waals surface area contributed by atoms with Crippen molar-refractivity contribution in [3.63, 3.8) is 0 Å². The summed E-state index contributed by atoms with van der Waals surface area (Å²) in [6.07, 6.45) is 0.454. The molecule has 0 N–H and O–H groups in total. The molecule has 0 aliphatic carbocycles. The Kier molecular flexibility index (Phi) is 4.39. The third kappa shape index (κ3) is 3.11. The molecule has 1 saturated heterocycles.